The molecular weight excluding hydrogens is 371 g/mol. The number of urea groups is 1. The van der Waals surface area contributed by atoms with Gasteiger partial charge in [0.2, 0.25) is 0 Å². The van der Waals surface area contributed by atoms with Crippen molar-refractivity contribution in [3.63, 3.8) is 0 Å². The van der Waals surface area contributed by atoms with Crippen LogP contribution in [0.3, 0.4) is 0 Å². The van der Waals surface area contributed by atoms with Gasteiger partial charge in [0.25, 0.3) is 0 Å². The largest absolute Gasteiger partial charge is 0.418 e. The molecule has 1 N–H and O–H groups in total. The molecule has 1 fully saturated rings. The molecule has 1 aliphatic heterocycles. The molecule has 0 unspecified atom stereocenters. The van der Waals surface area contributed by atoms with Crippen molar-refractivity contribution in [1.29, 1.82) is 0 Å². The van der Waals surface area contributed by atoms with Gasteiger partial charge in [-0.05, 0) is 37.1 Å². The van der Waals surface area contributed by atoms with Crippen LogP contribution in [0.25, 0.3) is 11.2 Å². The van der Waals surface area contributed by atoms with E-state index in [0.29, 0.717) is 25.9 Å². The Kier molecular flexibility index (Phi) is 4.66. The van der Waals surface area contributed by atoms with Crippen LogP contribution >= 0.6 is 0 Å². The molecule has 0 radical (unpaired) electrons. The summed E-state index contributed by atoms with van der Waals surface area (Å²) in [4.78, 5) is 22.7. The monoisotopic (exact) mass is 389 g/mol. The first kappa shape index (κ1) is 18.3. The van der Waals surface area contributed by atoms with E-state index in [2.05, 4.69) is 15.3 Å². The first-order valence-corrected chi connectivity index (χ1v) is 8.93. The predicted molar refractivity (Wildman–Crippen MR) is 97.8 cm³/mol. The molecule has 1 saturated heterocycles. The number of para-hydroxylation sites is 1. The number of halogens is 3. The number of anilines is 1. The summed E-state index contributed by atoms with van der Waals surface area (Å²) in [6.45, 7) is 0.883. The van der Waals surface area contributed by atoms with Gasteiger partial charge in [-0.3, -0.25) is 0 Å². The predicted octanol–water partition coefficient (Wildman–Crippen LogP) is 4.32. The molecule has 2 amide bonds. The van der Waals surface area contributed by atoms with Crippen molar-refractivity contribution in [2.45, 2.75) is 25.1 Å². The zero-order valence-electron chi connectivity index (χ0n) is 14.9. The third kappa shape index (κ3) is 3.51. The van der Waals surface area contributed by atoms with Gasteiger partial charge in [0.15, 0.2) is 5.65 Å². The molecule has 3 heterocycles. The second kappa shape index (κ2) is 7.14. The minimum Gasteiger partial charge on any atom is -0.324 e. The van der Waals surface area contributed by atoms with E-state index >= 15 is 0 Å². The summed E-state index contributed by atoms with van der Waals surface area (Å²) in [5, 5.41) is 2.40. The summed E-state index contributed by atoms with van der Waals surface area (Å²) >= 11 is 0. The molecule has 6 nitrogen and oxygen atoms in total. The molecule has 0 bridgehead atoms. The number of hydrogen-bond acceptors (Lipinski definition) is 3. The highest BCUT2D eigenvalue weighted by atomic mass is 19.4. The second-order valence-electron chi connectivity index (χ2n) is 6.69. The lowest BCUT2D eigenvalue weighted by Gasteiger charge is -2.32. The fourth-order valence-corrected chi connectivity index (χ4v) is 3.52. The number of hydrogen-bond donors (Lipinski definition) is 1. The van der Waals surface area contributed by atoms with Gasteiger partial charge in [0.1, 0.15) is 5.52 Å². The molecule has 0 spiro atoms. The van der Waals surface area contributed by atoms with Crippen LogP contribution in [-0.2, 0) is 6.18 Å². The number of amides is 2. The third-order valence-corrected chi connectivity index (χ3v) is 4.95. The summed E-state index contributed by atoms with van der Waals surface area (Å²) < 4.78 is 41.3. The Morgan fingerprint density at radius 3 is 2.57 bits per heavy atom. The SMILES string of the molecule is O=C(Nc1ccccc1C(F)(F)F)N1CCC(n2cnc3cccnc32)CC1. The summed E-state index contributed by atoms with van der Waals surface area (Å²) in [5.41, 5.74) is 0.525. The molecule has 2 aromatic heterocycles. The number of carbonyl (C=O) groups excluding carboxylic acids is 1. The Hall–Kier alpha value is -3.10. The standard InChI is InChI=1S/C19H18F3N5O/c20-19(21,22)14-4-1-2-5-15(14)25-18(28)26-10-7-13(8-11-26)27-12-24-16-6-3-9-23-17(16)27/h1-6,9,12-13H,7-8,10-11H2,(H,25,28). The number of nitrogens with zero attached hydrogens (tertiary/aromatic N) is 4. The van der Waals surface area contributed by atoms with Crippen LogP contribution in [0.15, 0.2) is 48.9 Å². The minimum absolute atomic E-state index is 0.145. The van der Waals surface area contributed by atoms with Gasteiger partial charge in [-0.1, -0.05) is 12.1 Å². The Morgan fingerprint density at radius 2 is 1.82 bits per heavy atom. The van der Waals surface area contributed by atoms with E-state index < -0.39 is 17.8 Å². The maximum absolute atomic E-state index is 13.1. The zero-order chi connectivity index (χ0) is 19.7. The van der Waals surface area contributed by atoms with Crippen LogP contribution in [-0.4, -0.2) is 38.6 Å². The summed E-state index contributed by atoms with van der Waals surface area (Å²) in [6.07, 6.45) is 0.290. The average molecular weight is 389 g/mol. The number of aromatic nitrogens is 3. The molecule has 3 aromatic rings. The van der Waals surface area contributed by atoms with Crippen molar-refractivity contribution in [3.05, 3.63) is 54.5 Å². The van der Waals surface area contributed by atoms with Crippen LogP contribution in [0.5, 0.6) is 0 Å². The fraction of sp³-hybridized carbons (Fsp3) is 0.316. The van der Waals surface area contributed by atoms with Crippen LogP contribution in [0.2, 0.25) is 0 Å². The number of piperidine rings is 1. The van der Waals surface area contributed by atoms with E-state index in [0.717, 1.165) is 17.2 Å². The third-order valence-electron chi connectivity index (χ3n) is 4.95. The smallest absolute Gasteiger partial charge is 0.324 e. The van der Waals surface area contributed by atoms with Crippen molar-refractivity contribution in [2.24, 2.45) is 0 Å². The lowest BCUT2D eigenvalue weighted by atomic mass is 10.1. The number of likely N-dealkylation sites (tertiary alicyclic amines) is 1. The van der Waals surface area contributed by atoms with Crippen LogP contribution < -0.4 is 5.32 Å². The van der Waals surface area contributed by atoms with Crippen LogP contribution in [0.1, 0.15) is 24.4 Å². The van der Waals surface area contributed by atoms with Crippen molar-refractivity contribution in [2.75, 3.05) is 18.4 Å². The quantitative estimate of drug-likeness (QED) is 0.710. The number of alkyl halides is 3. The molecule has 1 aliphatic rings. The van der Waals surface area contributed by atoms with E-state index in [1.807, 2.05) is 16.7 Å². The molecule has 146 valence electrons. The van der Waals surface area contributed by atoms with E-state index in [1.165, 1.54) is 23.1 Å². The van der Waals surface area contributed by atoms with Gasteiger partial charge in [-0.2, -0.15) is 13.2 Å². The molecular formula is C19H18F3N5O. The van der Waals surface area contributed by atoms with E-state index in [1.54, 1.807) is 12.5 Å². The Morgan fingerprint density at radius 1 is 1.07 bits per heavy atom. The van der Waals surface area contributed by atoms with Gasteiger partial charge < -0.3 is 14.8 Å². The van der Waals surface area contributed by atoms with Crippen molar-refractivity contribution < 1.29 is 18.0 Å². The zero-order valence-corrected chi connectivity index (χ0v) is 14.9. The van der Waals surface area contributed by atoms with Gasteiger partial charge in [-0.15, -0.1) is 0 Å². The number of pyridine rings is 1. The number of carbonyl (C=O) groups is 1. The summed E-state index contributed by atoms with van der Waals surface area (Å²) in [7, 11) is 0. The number of imidazole rings is 1. The fourth-order valence-electron chi connectivity index (χ4n) is 3.52. The normalized spacial score (nSPS) is 15.8. The topological polar surface area (TPSA) is 63.1 Å². The summed E-state index contributed by atoms with van der Waals surface area (Å²) in [6, 6.07) is 8.32. The molecule has 1 aromatic carbocycles. The van der Waals surface area contributed by atoms with E-state index in [-0.39, 0.29) is 11.7 Å². The van der Waals surface area contributed by atoms with E-state index in [9.17, 15) is 18.0 Å². The maximum atomic E-state index is 13.1. The number of fused-ring (bicyclic) bond motifs is 1. The van der Waals surface area contributed by atoms with Crippen molar-refractivity contribution in [1.82, 2.24) is 19.4 Å². The van der Waals surface area contributed by atoms with Gasteiger partial charge in [0, 0.05) is 25.3 Å². The lowest BCUT2D eigenvalue weighted by molar-refractivity contribution is -0.136. The molecule has 9 heteroatoms. The van der Waals surface area contributed by atoms with Crippen molar-refractivity contribution >= 4 is 22.9 Å². The van der Waals surface area contributed by atoms with E-state index in [4.69, 9.17) is 0 Å². The Balaban J connectivity index is 1.42. The molecule has 28 heavy (non-hydrogen) atoms. The number of nitrogens with one attached hydrogen (secondary N) is 1. The van der Waals surface area contributed by atoms with Crippen molar-refractivity contribution in [3.8, 4) is 0 Å². The average Bonchev–Trinajstić information content (AvgIpc) is 3.12. The maximum Gasteiger partial charge on any atom is 0.418 e. The minimum atomic E-state index is -4.52. The second-order valence-corrected chi connectivity index (χ2v) is 6.69. The lowest BCUT2D eigenvalue weighted by Crippen LogP contribution is -2.41. The van der Waals surface area contributed by atoms with Gasteiger partial charge in [0.05, 0.1) is 17.6 Å². The van der Waals surface area contributed by atoms with Crippen LogP contribution in [0, 0.1) is 0 Å². The van der Waals surface area contributed by atoms with Crippen LogP contribution in [0.4, 0.5) is 23.7 Å². The molecule has 0 aliphatic carbocycles. The highest BCUT2D eigenvalue weighted by molar-refractivity contribution is 5.90. The first-order chi connectivity index (χ1) is 13.4. The van der Waals surface area contributed by atoms with Gasteiger partial charge in [-0.25, -0.2) is 14.8 Å². The molecule has 0 atom stereocenters. The Labute approximate surface area is 159 Å². The Bertz CT molecular complexity index is 992. The molecule has 0 saturated carbocycles. The van der Waals surface area contributed by atoms with Gasteiger partial charge >= 0.3 is 12.2 Å². The highest BCUT2D eigenvalue weighted by Gasteiger charge is 2.34. The highest BCUT2D eigenvalue weighted by Crippen LogP contribution is 2.35. The first-order valence-electron chi connectivity index (χ1n) is 8.93. The summed E-state index contributed by atoms with van der Waals surface area (Å²) in [5.74, 6) is 0. The number of rotatable bonds is 2. The molecule has 4 rings (SSSR count). The number of benzene rings is 1.